The predicted molar refractivity (Wildman–Crippen MR) is 67.0 cm³/mol. The number of rotatable bonds is 4. The molecule has 0 nitrogen and oxygen atoms in total. The minimum absolute atomic E-state index is 0.232. The molecule has 0 aliphatic rings. The molecule has 0 aliphatic heterocycles. The zero-order valence-corrected chi connectivity index (χ0v) is 11.0. The van der Waals surface area contributed by atoms with Crippen LogP contribution in [0.1, 0.15) is 25.8 Å². The van der Waals surface area contributed by atoms with Gasteiger partial charge in [0.1, 0.15) is 0 Å². The van der Waals surface area contributed by atoms with Gasteiger partial charge >= 0.3 is 0 Å². The van der Waals surface area contributed by atoms with E-state index < -0.39 is 0 Å². The van der Waals surface area contributed by atoms with E-state index in [1.54, 1.807) is 0 Å². The van der Waals surface area contributed by atoms with Crippen molar-refractivity contribution >= 4 is 27.5 Å². The van der Waals surface area contributed by atoms with E-state index in [1.807, 2.05) is 0 Å². The van der Waals surface area contributed by atoms with E-state index in [0.717, 1.165) is 23.2 Å². The SMILES string of the molecule is CCC(C)(CCl)Cc1ccc(Br)cc1. The van der Waals surface area contributed by atoms with Gasteiger partial charge in [-0.15, -0.1) is 11.6 Å². The summed E-state index contributed by atoms with van der Waals surface area (Å²) in [5, 5.41) is 0. The molecule has 0 radical (unpaired) electrons. The Balaban J connectivity index is 2.72. The highest BCUT2D eigenvalue weighted by atomic mass is 79.9. The molecular weight excluding hydrogens is 259 g/mol. The van der Waals surface area contributed by atoms with Gasteiger partial charge in [0.15, 0.2) is 0 Å². The lowest BCUT2D eigenvalue weighted by molar-refractivity contribution is 0.355. The molecular formula is C12H16BrCl. The van der Waals surface area contributed by atoms with Crippen molar-refractivity contribution in [2.45, 2.75) is 26.7 Å². The second-order valence-corrected chi connectivity index (χ2v) is 5.28. The van der Waals surface area contributed by atoms with Gasteiger partial charge in [-0.25, -0.2) is 0 Å². The van der Waals surface area contributed by atoms with Crippen molar-refractivity contribution in [1.29, 1.82) is 0 Å². The summed E-state index contributed by atoms with van der Waals surface area (Å²) in [4.78, 5) is 0. The predicted octanol–water partition coefficient (Wildman–Crippen LogP) is 4.65. The molecule has 0 heterocycles. The number of alkyl halides is 1. The quantitative estimate of drug-likeness (QED) is 0.702. The lowest BCUT2D eigenvalue weighted by atomic mass is 9.83. The van der Waals surface area contributed by atoms with Crippen molar-refractivity contribution < 1.29 is 0 Å². The summed E-state index contributed by atoms with van der Waals surface area (Å²) in [5.41, 5.74) is 1.59. The molecule has 2 heteroatoms. The van der Waals surface area contributed by atoms with Crippen LogP contribution in [0.2, 0.25) is 0 Å². The second-order valence-electron chi connectivity index (χ2n) is 4.10. The fraction of sp³-hybridized carbons (Fsp3) is 0.500. The van der Waals surface area contributed by atoms with Crippen molar-refractivity contribution in [2.24, 2.45) is 5.41 Å². The van der Waals surface area contributed by atoms with Gasteiger partial charge in [-0.1, -0.05) is 41.9 Å². The normalized spacial score (nSPS) is 15.1. The van der Waals surface area contributed by atoms with Crippen LogP contribution in [-0.4, -0.2) is 5.88 Å². The first-order chi connectivity index (χ1) is 6.59. The molecule has 0 fully saturated rings. The average molecular weight is 276 g/mol. The maximum atomic E-state index is 5.98. The van der Waals surface area contributed by atoms with Crippen molar-refractivity contribution in [2.75, 3.05) is 5.88 Å². The molecule has 1 rings (SSSR count). The molecule has 1 aromatic rings. The lowest BCUT2D eigenvalue weighted by Gasteiger charge is -2.25. The highest BCUT2D eigenvalue weighted by Gasteiger charge is 2.20. The summed E-state index contributed by atoms with van der Waals surface area (Å²) in [6, 6.07) is 8.48. The van der Waals surface area contributed by atoms with E-state index in [-0.39, 0.29) is 5.41 Å². The zero-order valence-electron chi connectivity index (χ0n) is 8.69. The summed E-state index contributed by atoms with van der Waals surface area (Å²) in [6.45, 7) is 4.43. The third-order valence-electron chi connectivity index (χ3n) is 2.72. The van der Waals surface area contributed by atoms with Crippen LogP contribution in [0, 0.1) is 5.41 Å². The van der Waals surface area contributed by atoms with Crippen LogP contribution >= 0.6 is 27.5 Å². The first kappa shape index (κ1) is 12.1. The van der Waals surface area contributed by atoms with Crippen molar-refractivity contribution in [3.8, 4) is 0 Å². The summed E-state index contributed by atoms with van der Waals surface area (Å²) in [5.74, 6) is 0.722. The third-order valence-corrected chi connectivity index (χ3v) is 3.89. The number of halogens is 2. The Bertz CT molecular complexity index is 275. The Hall–Kier alpha value is -0.0100. The molecule has 1 unspecified atom stereocenters. The van der Waals surface area contributed by atoms with Gasteiger partial charge in [-0.05, 0) is 36.0 Å². The fourth-order valence-corrected chi connectivity index (χ4v) is 1.91. The molecule has 0 amide bonds. The summed E-state index contributed by atoms with van der Waals surface area (Å²) in [6.07, 6.45) is 2.17. The van der Waals surface area contributed by atoms with Gasteiger partial charge in [0, 0.05) is 10.4 Å². The summed E-state index contributed by atoms with van der Waals surface area (Å²) in [7, 11) is 0. The zero-order chi connectivity index (χ0) is 10.6. The monoisotopic (exact) mass is 274 g/mol. The summed E-state index contributed by atoms with van der Waals surface area (Å²) < 4.78 is 1.13. The molecule has 0 aliphatic carbocycles. The summed E-state index contributed by atoms with van der Waals surface area (Å²) >= 11 is 9.41. The Labute approximate surface area is 99.8 Å². The van der Waals surface area contributed by atoms with Gasteiger partial charge in [0.2, 0.25) is 0 Å². The standard InChI is InChI=1S/C12H16BrCl/c1-3-12(2,9-14)8-10-4-6-11(13)7-5-10/h4-7H,3,8-9H2,1-2H3. The van der Waals surface area contributed by atoms with Crippen LogP contribution in [-0.2, 0) is 6.42 Å². The molecule has 1 aromatic carbocycles. The second kappa shape index (κ2) is 5.18. The van der Waals surface area contributed by atoms with Crippen LogP contribution < -0.4 is 0 Å². The Morgan fingerprint density at radius 1 is 1.29 bits per heavy atom. The minimum atomic E-state index is 0.232. The Morgan fingerprint density at radius 3 is 2.29 bits per heavy atom. The van der Waals surface area contributed by atoms with Crippen molar-refractivity contribution in [3.05, 3.63) is 34.3 Å². The van der Waals surface area contributed by atoms with Gasteiger partial charge < -0.3 is 0 Å². The van der Waals surface area contributed by atoms with Gasteiger partial charge in [0.05, 0.1) is 0 Å². The topological polar surface area (TPSA) is 0 Å². The Morgan fingerprint density at radius 2 is 1.86 bits per heavy atom. The van der Waals surface area contributed by atoms with Gasteiger partial charge in [0.25, 0.3) is 0 Å². The maximum Gasteiger partial charge on any atom is 0.0280 e. The molecule has 0 N–H and O–H groups in total. The Kier molecular flexibility index (Phi) is 4.46. The van der Waals surface area contributed by atoms with Crippen molar-refractivity contribution in [3.63, 3.8) is 0 Å². The number of hydrogen-bond donors (Lipinski definition) is 0. The number of benzene rings is 1. The van der Waals surface area contributed by atoms with E-state index in [1.165, 1.54) is 5.56 Å². The average Bonchev–Trinajstić information content (AvgIpc) is 2.21. The highest BCUT2D eigenvalue weighted by molar-refractivity contribution is 9.10. The van der Waals surface area contributed by atoms with Crippen LogP contribution in [0.4, 0.5) is 0 Å². The highest BCUT2D eigenvalue weighted by Crippen LogP contribution is 2.28. The van der Waals surface area contributed by atoms with Crippen LogP contribution in [0.5, 0.6) is 0 Å². The van der Waals surface area contributed by atoms with E-state index in [9.17, 15) is 0 Å². The van der Waals surface area contributed by atoms with Gasteiger partial charge in [-0.3, -0.25) is 0 Å². The molecule has 78 valence electrons. The van der Waals surface area contributed by atoms with Crippen LogP contribution in [0.25, 0.3) is 0 Å². The molecule has 1 atom stereocenters. The molecule has 14 heavy (non-hydrogen) atoms. The maximum absolute atomic E-state index is 5.98. The first-order valence-corrected chi connectivity index (χ1v) is 6.23. The molecule has 0 saturated heterocycles. The van der Waals surface area contributed by atoms with Crippen LogP contribution in [0.15, 0.2) is 28.7 Å². The minimum Gasteiger partial charge on any atom is -0.126 e. The van der Waals surface area contributed by atoms with E-state index in [4.69, 9.17) is 11.6 Å². The third kappa shape index (κ3) is 3.29. The van der Waals surface area contributed by atoms with Crippen LogP contribution in [0.3, 0.4) is 0 Å². The van der Waals surface area contributed by atoms with E-state index in [2.05, 4.69) is 54.0 Å². The van der Waals surface area contributed by atoms with Crippen molar-refractivity contribution in [1.82, 2.24) is 0 Å². The first-order valence-electron chi connectivity index (χ1n) is 4.90. The molecule has 0 saturated carbocycles. The van der Waals surface area contributed by atoms with Gasteiger partial charge in [-0.2, -0.15) is 0 Å². The van der Waals surface area contributed by atoms with E-state index in [0.29, 0.717) is 0 Å². The van der Waals surface area contributed by atoms with E-state index >= 15 is 0 Å². The largest absolute Gasteiger partial charge is 0.126 e. The fourth-order valence-electron chi connectivity index (χ4n) is 1.36. The molecule has 0 aromatic heterocycles. The number of hydrogen-bond acceptors (Lipinski definition) is 0. The molecule has 0 bridgehead atoms. The smallest absolute Gasteiger partial charge is 0.0280 e. The molecule has 0 spiro atoms. The lowest BCUT2D eigenvalue weighted by Crippen LogP contribution is -2.20.